The van der Waals surface area contributed by atoms with Crippen molar-refractivity contribution >= 4 is 34.2 Å². The van der Waals surface area contributed by atoms with Crippen LogP contribution in [0.2, 0.25) is 0 Å². The first-order chi connectivity index (χ1) is 12.3. The summed E-state index contributed by atoms with van der Waals surface area (Å²) in [5.41, 5.74) is 2.61. The third-order valence-electron chi connectivity index (χ3n) is 4.26. The first kappa shape index (κ1) is 20.3. The van der Waals surface area contributed by atoms with E-state index in [9.17, 15) is 14.9 Å². The van der Waals surface area contributed by atoms with Gasteiger partial charge in [0.15, 0.2) is 0 Å². The fraction of sp³-hybridized carbons (Fsp3) is 0.316. The molecule has 0 fully saturated rings. The molecule has 1 unspecified atom stereocenters. The van der Waals surface area contributed by atoms with Crippen molar-refractivity contribution in [2.45, 2.75) is 19.4 Å². The molecule has 0 spiro atoms. The highest BCUT2D eigenvalue weighted by atomic mass is 127. The third kappa shape index (κ3) is 5.01. The van der Waals surface area contributed by atoms with Crippen LogP contribution in [-0.4, -0.2) is 36.4 Å². The Labute approximate surface area is 166 Å². The smallest absolute Gasteiger partial charge is 0.270 e. The summed E-state index contributed by atoms with van der Waals surface area (Å²) in [6, 6.07) is 12.7. The van der Waals surface area contributed by atoms with Crippen LogP contribution in [0.5, 0.6) is 0 Å². The Hall–Kier alpha value is -2.00. The van der Waals surface area contributed by atoms with Crippen LogP contribution in [0.3, 0.4) is 0 Å². The first-order valence-electron chi connectivity index (χ1n) is 8.31. The van der Waals surface area contributed by atoms with E-state index >= 15 is 0 Å². The quantitative estimate of drug-likeness (QED) is 0.382. The predicted molar refractivity (Wildman–Crippen MR) is 110 cm³/mol. The molecule has 2 aromatic carbocycles. The minimum atomic E-state index is -0.495. The van der Waals surface area contributed by atoms with Crippen molar-refractivity contribution in [3.63, 3.8) is 0 Å². The maximum absolute atomic E-state index is 12.5. The van der Waals surface area contributed by atoms with E-state index in [1.165, 1.54) is 17.7 Å². The second-order valence-corrected chi connectivity index (χ2v) is 7.37. The lowest BCUT2D eigenvalue weighted by Crippen LogP contribution is -2.34. The van der Waals surface area contributed by atoms with Gasteiger partial charge in [0.2, 0.25) is 0 Å². The van der Waals surface area contributed by atoms with Crippen molar-refractivity contribution in [3.8, 4) is 0 Å². The zero-order chi connectivity index (χ0) is 19.3. The maximum atomic E-state index is 12.5. The number of likely N-dealkylation sites (N-methyl/N-ethyl adjacent to an activating group) is 1. The number of nitrogens with zero attached hydrogens (tertiary/aromatic N) is 2. The molecule has 2 aromatic rings. The minimum absolute atomic E-state index is 0.0150. The molecule has 0 aliphatic heterocycles. The van der Waals surface area contributed by atoms with Crippen LogP contribution in [-0.2, 0) is 6.42 Å². The highest BCUT2D eigenvalue weighted by Gasteiger charge is 2.19. The number of benzene rings is 2. The van der Waals surface area contributed by atoms with Gasteiger partial charge in [-0.15, -0.1) is 0 Å². The van der Waals surface area contributed by atoms with E-state index in [2.05, 4.69) is 36.5 Å². The molecule has 1 atom stereocenters. The van der Waals surface area contributed by atoms with Gasteiger partial charge in [0.05, 0.1) is 16.5 Å². The van der Waals surface area contributed by atoms with Gasteiger partial charge in [-0.1, -0.05) is 31.2 Å². The van der Waals surface area contributed by atoms with Crippen LogP contribution in [0.25, 0.3) is 0 Å². The summed E-state index contributed by atoms with van der Waals surface area (Å²) >= 11 is 2.01. The van der Waals surface area contributed by atoms with Crippen molar-refractivity contribution < 1.29 is 9.72 Å². The number of non-ortho nitro benzene ring substituents is 1. The van der Waals surface area contributed by atoms with Crippen LogP contribution in [0.4, 0.5) is 5.69 Å². The Kier molecular flexibility index (Phi) is 7.10. The van der Waals surface area contributed by atoms with Crippen LogP contribution in [0, 0.1) is 13.7 Å². The Bertz CT molecular complexity index is 791. The van der Waals surface area contributed by atoms with Crippen molar-refractivity contribution in [3.05, 3.63) is 72.8 Å². The number of nitro benzene ring substituents is 1. The predicted octanol–water partition coefficient (Wildman–Crippen LogP) is 3.79. The van der Waals surface area contributed by atoms with E-state index in [0.29, 0.717) is 15.7 Å². The van der Waals surface area contributed by atoms with E-state index in [1.807, 2.05) is 41.6 Å². The summed E-state index contributed by atoms with van der Waals surface area (Å²) < 4.78 is 0.680. The normalized spacial score (nSPS) is 12.0. The molecule has 0 heterocycles. The standard InChI is InChI=1S/C19H22IN3O3/c1-4-13-5-7-14(8-6-13)18(22(2)3)12-21-19(24)16-11-15(23(25)26)9-10-17(16)20/h5-11,18H,4,12H2,1-3H3,(H,21,24). The van der Waals surface area contributed by atoms with Gasteiger partial charge in [-0.2, -0.15) is 0 Å². The number of rotatable bonds is 7. The first-order valence-corrected chi connectivity index (χ1v) is 9.38. The molecule has 0 bridgehead atoms. The van der Waals surface area contributed by atoms with E-state index in [-0.39, 0.29) is 17.6 Å². The van der Waals surface area contributed by atoms with Gasteiger partial charge in [-0.25, -0.2) is 0 Å². The molecule has 0 saturated heterocycles. The van der Waals surface area contributed by atoms with Crippen molar-refractivity contribution in [1.82, 2.24) is 10.2 Å². The van der Waals surface area contributed by atoms with Crippen LogP contribution < -0.4 is 5.32 Å². The summed E-state index contributed by atoms with van der Waals surface area (Å²) in [5, 5.41) is 13.9. The van der Waals surface area contributed by atoms with Crippen LogP contribution >= 0.6 is 22.6 Å². The third-order valence-corrected chi connectivity index (χ3v) is 5.20. The number of amides is 1. The van der Waals surface area contributed by atoms with Crippen molar-refractivity contribution in [1.29, 1.82) is 0 Å². The van der Waals surface area contributed by atoms with Gasteiger partial charge in [0.25, 0.3) is 11.6 Å². The topological polar surface area (TPSA) is 75.5 Å². The monoisotopic (exact) mass is 467 g/mol. The molecule has 138 valence electrons. The molecule has 1 N–H and O–H groups in total. The Morgan fingerprint density at radius 1 is 1.23 bits per heavy atom. The molecule has 0 radical (unpaired) electrons. The highest BCUT2D eigenvalue weighted by molar-refractivity contribution is 14.1. The lowest BCUT2D eigenvalue weighted by Gasteiger charge is -2.25. The van der Waals surface area contributed by atoms with E-state index < -0.39 is 4.92 Å². The fourth-order valence-corrected chi connectivity index (χ4v) is 3.24. The number of aryl methyl sites for hydroxylation is 1. The number of carbonyl (C=O) groups is 1. The van der Waals surface area contributed by atoms with E-state index in [1.54, 1.807) is 6.07 Å². The number of hydrogen-bond donors (Lipinski definition) is 1. The van der Waals surface area contributed by atoms with Crippen molar-refractivity contribution in [2.24, 2.45) is 0 Å². The summed E-state index contributed by atoms with van der Waals surface area (Å²) in [5.74, 6) is -0.310. The zero-order valence-corrected chi connectivity index (χ0v) is 17.2. The Balaban J connectivity index is 2.14. The van der Waals surface area contributed by atoms with Crippen LogP contribution in [0.1, 0.15) is 34.5 Å². The van der Waals surface area contributed by atoms with Gasteiger partial charge in [-0.05, 0) is 60.3 Å². The van der Waals surface area contributed by atoms with Crippen molar-refractivity contribution in [2.75, 3.05) is 20.6 Å². The lowest BCUT2D eigenvalue weighted by molar-refractivity contribution is -0.384. The molecule has 0 aliphatic carbocycles. The zero-order valence-electron chi connectivity index (χ0n) is 15.0. The maximum Gasteiger partial charge on any atom is 0.270 e. The summed E-state index contributed by atoms with van der Waals surface area (Å²) in [4.78, 5) is 25.0. The van der Waals surface area contributed by atoms with Gasteiger partial charge < -0.3 is 10.2 Å². The molecule has 0 aliphatic rings. The molecular formula is C19H22IN3O3. The number of halogens is 1. The molecular weight excluding hydrogens is 445 g/mol. The Morgan fingerprint density at radius 3 is 2.42 bits per heavy atom. The Morgan fingerprint density at radius 2 is 1.88 bits per heavy atom. The average Bonchev–Trinajstić information content (AvgIpc) is 2.62. The van der Waals surface area contributed by atoms with Gasteiger partial charge in [-0.3, -0.25) is 14.9 Å². The lowest BCUT2D eigenvalue weighted by atomic mass is 10.0. The average molecular weight is 467 g/mol. The van der Waals surface area contributed by atoms with Crippen LogP contribution in [0.15, 0.2) is 42.5 Å². The van der Waals surface area contributed by atoms with E-state index in [0.717, 1.165) is 12.0 Å². The molecule has 26 heavy (non-hydrogen) atoms. The summed E-state index contributed by atoms with van der Waals surface area (Å²) in [7, 11) is 3.92. The second kappa shape index (κ2) is 9.09. The molecule has 0 aromatic heterocycles. The molecule has 7 heteroatoms. The highest BCUT2D eigenvalue weighted by Crippen LogP contribution is 2.21. The number of carbonyl (C=O) groups excluding carboxylic acids is 1. The number of nitrogens with one attached hydrogen (secondary N) is 1. The van der Waals surface area contributed by atoms with Gasteiger partial charge in [0.1, 0.15) is 0 Å². The second-order valence-electron chi connectivity index (χ2n) is 6.21. The minimum Gasteiger partial charge on any atom is -0.350 e. The molecule has 0 saturated carbocycles. The largest absolute Gasteiger partial charge is 0.350 e. The van der Waals surface area contributed by atoms with E-state index in [4.69, 9.17) is 0 Å². The van der Waals surface area contributed by atoms with Gasteiger partial charge >= 0.3 is 0 Å². The molecule has 1 amide bonds. The number of nitro groups is 1. The molecule has 2 rings (SSSR count). The SMILES string of the molecule is CCc1ccc(C(CNC(=O)c2cc([N+](=O)[O-])ccc2I)N(C)C)cc1. The molecule has 6 nitrogen and oxygen atoms in total. The summed E-state index contributed by atoms with van der Waals surface area (Å²) in [6.07, 6.45) is 0.981. The fourth-order valence-electron chi connectivity index (χ4n) is 2.66. The number of hydrogen-bond acceptors (Lipinski definition) is 4. The van der Waals surface area contributed by atoms with Gasteiger partial charge in [0, 0.05) is 22.2 Å². The summed E-state index contributed by atoms with van der Waals surface area (Å²) in [6.45, 7) is 2.52.